The number of hydrogen-bond donors (Lipinski definition) is 3. The number of phenolic OH excluding ortho intramolecular Hbond substituents is 1. The second-order valence-electron chi connectivity index (χ2n) is 7.95. The fraction of sp³-hybridized carbons (Fsp3) is 0.0385. The van der Waals surface area contributed by atoms with Crippen LogP contribution in [0.15, 0.2) is 89.5 Å². The minimum absolute atomic E-state index is 0.0000909. The summed E-state index contributed by atoms with van der Waals surface area (Å²) in [6.45, 7) is 0. The lowest BCUT2D eigenvalue weighted by molar-refractivity contribution is 0.0772. The van der Waals surface area contributed by atoms with Gasteiger partial charge in [-0.05, 0) is 41.8 Å². The van der Waals surface area contributed by atoms with Crippen molar-refractivity contribution in [2.24, 2.45) is 10.2 Å². The van der Waals surface area contributed by atoms with E-state index in [-0.39, 0.29) is 28.6 Å². The van der Waals surface area contributed by atoms with Crippen LogP contribution in [-0.2, 0) is 4.18 Å². The Morgan fingerprint density at radius 3 is 2.46 bits per heavy atom. The van der Waals surface area contributed by atoms with Gasteiger partial charge in [-0.3, -0.25) is 4.79 Å². The van der Waals surface area contributed by atoms with E-state index in [2.05, 4.69) is 47.7 Å². The average molecular weight is 542 g/mol. The Morgan fingerprint density at radius 2 is 1.74 bits per heavy atom. The smallest absolute Gasteiger partial charge is 0.355 e. The van der Waals surface area contributed by atoms with Crippen molar-refractivity contribution in [2.45, 2.75) is 0 Å². The second-order valence-corrected chi connectivity index (χ2v) is 8.13. The first kappa shape index (κ1) is 25.4. The number of amides is 1. The molecule has 3 aromatic carbocycles. The monoisotopic (exact) mass is 541 g/mol. The fourth-order valence-corrected chi connectivity index (χ4v) is 3.84. The molecule has 0 spiro atoms. The molecule has 0 bridgehead atoms. The maximum absolute atomic E-state index is 13.2. The SMILES string of the molecule is COc1ccc(NC(=O)c2cc3ccccc3c(/N=N/c3c(C(=O)OS)cnn3-c3ncccn3)c2O)cc1. The molecule has 2 N–H and O–H groups in total. The molecule has 0 aliphatic heterocycles. The maximum Gasteiger partial charge on any atom is 0.355 e. The summed E-state index contributed by atoms with van der Waals surface area (Å²) in [6.07, 6.45) is 4.19. The summed E-state index contributed by atoms with van der Waals surface area (Å²) >= 11 is 3.58. The van der Waals surface area contributed by atoms with Gasteiger partial charge in [-0.1, -0.05) is 24.3 Å². The first-order chi connectivity index (χ1) is 19.0. The van der Waals surface area contributed by atoms with E-state index in [0.717, 1.165) is 0 Å². The fourth-order valence-electron chi connectivity index (χ4n) is 3.74. The molecule has 2 heterocycles. The normalized spacial score (nSPS) is 11.0. The van der Waals surface area contributed by atoms with E-state index in [1.165, 1.54) is 23.3 Å². The van der Waals surface area contributed by atoms with Crippen molar-refractivity contribution >= 4 is 52.8 Å². The molecule has 0 aliphatic carbocycles. The highest BCUT2D eigenvalue weighted by molar-refractivity contribution is 7.75. The number of hydrogen-bond acceptors (Lipinski definition) is 11. The van der Waals surface area contributed by atoms with E-state index in [1.807, 2.05) is 0 Å². The van der Waals surface area contributed by atoms with Crippen molar-refractivity contribution in [3.05, 3.63) is 90.4 Å². The van der Waals surface area contributed by atoms with Crippen LogP contribution >= 0.6 is 12.9 Å². The van der Waals surface area contributed by atoms with Gasteiger partial charge in [0.2, 0.25) is 0 Å². The Bertz CT molecular complexity index is 1710. The lowest BCUT2D eigenvalue weighted by Gasteiger charge is -2.11. The van der Waals surface area contributed by atoms with Gasteiger partial charge in [0.05, 0.1) is 18.9 Å². The number of fused-ring (bicyclic) bond motifs is 1. The first-order valence-electron chi connectivity index (χ1n) is 11.3. The summed E-state index contributed by atoms with van der Waals surface area (Å²) in [5.74, 6) is -1.14. The largest absolute Gasteiger partial charge is 0.505 e. The van der Waals surface area contributed by atoms with Crippen LogP contribution in [0.4, 0.5) is 17.2 Å². The number of anilines is 1. The zero-order chi connectivity index (χ0) is 27.4. The van der Waals surface area contributed by atoms with Gasteiger partial charge in [0.15, 0.2) is 11.6 Å². The molecule has 0 aliphatic rings. The van der Waals surface area contributed by atoms with Crippen LogP contribution < -0.4 is 10.1 Å². The number of benzene rings is 3. The molecular weight excluding hydrogens is 522 g/mol. The molecule has 12 nitrogen and oxygen atoms in total. The molecular formula is C26H19N7O5S. The van der Waals surface area contributed by atoms with E-state index in [1.54, 1.807) is 67.8 Å². The van der Waals surface area contributed by atoms with Gasteiger partial charge in [-0.25, -0.2) is 14.8 Å². The lowest BCUT2D eigenvalue weighted by Crippen LogP contribution is -2.12. The van der Waals surface area contributed by atoms with Gasteiger partial charge < -0.3 is 19.3 Å². The number of phenols is 1. The predicted molar refractivity (Wildman–Crippen MR) is 144 cm³/mol. The van der Waals surface area contributed by atoms with Crippen molar-refractivity contribution < 1.29 is 23.6 Å². The summed E-state index contributed by atoms with van der Waals surface area (Å²) in [4.78, 5) is 33.7. The summed E-state index contributed by atoms with van der Waals surface area (Å²) in [5, 5.41) is 27.6. The number of nitrogens with one attached hydrogen (secondary N) is 1. The Balaban J connectivity index is 1.59. The summed E-state index contributed by atoms with van der Waals surface area (Å²) in [7, 11) is 1.54. The van der Waals surface area contributed by atoms with E-state index in [0.29, 0.717) is 22.2 Å². The zero-order valence-corrected chi connectivity index (χ0v) is 21.1. The molecule has 0 atom stereocenters. The third-order valence-corrected chi connectivity index (χ3v) is 5.79. The molecule has 39 heavy (non-hydrogen) atoms. The molecule has 5 aromatic rings. The number of methoxy groups -OCH3 is 1. The zero-order valence-electron chi connectivity index (χ0n) is 20.2. The number of ether oxygens (including phenoxy) is 1. The molecule has 5 rings (SSSR count). The minimum Gasteiger partial charge on any atom is -0.505 e. The summed E-state index contributed by atoms with van der Waals surface area (Å²) in [5.41, 5.74) is 0.393. The molecule has 194 valence electrons. The number of rotatable bonds is 7. The first-order valence-corrected chi connectivity index (χ1v) is 11.7. The van der Waals surface area contributed by atoms with Crippen molar-refractivity contribution in [1.82, 2.24) is 19.7 Å². The van der Waals surface area contributed by atoms with E-state index < -0.39 is 17.6 Å². The van der Waals surface area contributed by atoms with E-state index in [9.17, 15) is 14.7 Å². The van der Waals surface area contributed by atoms with Gasteiger partial charge in [0.1, 0.15) is 17.0 Å². The van der Waals surface area contributed by atoms with Gasteiger partial charge in [-0.15, -0.1) is 10.2 Å². The van der Waals surface area contributed by atoms with Gasteiger partial charge in [-0.2, -0.15) is 9.78 Å². The highest BCUT2D eigenvalue weighted by Gasteiger charge is 2.22. The van der Waals surface area contributed by atoms with Gasteiger partial charge in [0, 0.05) is 36.4 Å². The number of aromatic nitrogens is 4. The van der Waals surface area contributed by atoms with Crippen LogP contribution in [0.2, 0.25) is 0 Å². The number of carbonyl (C=O) groups is 2. The van der Waals surface area contributed by atoms with Gasteiger partial charge in [0.25, 0.3) is 11.9 Å². The standard InChI is InChI=1S/C26H19N7O5S/c1-37-17-9-7-16(8-10-17)30-24(35)19-13-15-5-2-3-6-18(15)21(22(19)34)31-32-23-20(25(36)38-39)14-29-33(23)26-27-11-4-12-28-26/h2-14,34,39H,1H3,(H,30,35)/b32-31+. The molecule has 13 heteroatoms. The molecule has 0 saturated carbocycles. The highest BCUT2D eigenvalue weighted by Crippen LogP contribution is 2.40. The predicted octanol–water partition coefficient (Wildman–Crippen LogP) is 5.20. The van der Waals surface area contributed by atoms with Crippen molar-refractivity contribution in [3.63, 3.8) is 0 Å². The Morgan fingerprint density at radius 1 is 1.00 bits per heavy atom. The third-order valence-electron chi connectivity index (χ3n) is 5.62. The summed E-state index contributed by atoms with van der Waals surface area (Å²) in [6, 6.07) is 16.9. The van der Waals surface area contributed by atoms with Crippen LogP contribution in [0.5, 0.6) is 11.5 Å². The Kier molecular flexibility index (Phi) is 7.14. The van der Waals surface area contributed by atoms with Gasteiger partial charge >= 0.3 is 5.97 Å². The molecule has 0 saturated heterocycles. The van der Waals surface area contributed by atoms with Crippen LogP contribution in [-0.4, -0.2) is 43.8 Å². The minimum atomic E-state index is -0.837. The van der Waals surface area contributed by atoms with Crippen molar-refractivity contribution in [3.8, 4) is 17.4 Å². The number of azo groups is 1. The van der Waals surface area contributed by atoms with E-state index >= 15 is 0 Å². The molecule has 0 radical (unpaired) electrons. The third kappa shape index (κ3) is 5.10. The topological polar surface area (TPSA) is 153 Å². The lowest BCUT2D eigenvalue weighted by atomic mass is 10.0. The van der Waals surface area contributed by atoms with Crippen LogP contribution in [0.25, 0.3) is 16.7 Å². The number of aromatic hydroxyl groups is 1. The average Bonchev–Trinajstić information content (AvgIpc) is 3.40. The number of carbonyl (C=O) groups excluding carboxylic acids is 2. The second kappa shape index (κ2) is 11.0. The highest BCUT2D eigenvalue weighted by atomic mass is 32.1. The molecule has 1 amide bonds. The number of nitrogens with zero attached hydrogens (tertiary/aromatic N) is 6. The van der Waals surface area contributed by atoms with Crippen molar-refractivity contribution in [2.75, 3.05) is 12.4 Å². The van der Waals surface area contributed by atoms with E-state index in [4.69, 9.17) is 4.74 Å². The quantitative estimate of drug-likeness (QED) is 0.144. The molecule has 0 unspecified atom stereocenters. The van der Waals surface area contributed by atoms with Crippen molar-refractivity contribution in [1.29, 1.82) is 0 Å². The maximum atomic E-state index is 13.2. The van der Waals surface area contributed by atoms with Crippen LogP contribution in [0, 0.1) is 0 Å². The Labute approximate surface area is 226 Å². The molecule has 0 fully saturated rings. The van der Waals surface area contributed by atoms with Crippen LogP contribution in [0.3, 0.4) is 0 Å². The Hall–Kier alpha value is -5.30. The molecule has 2 aromatic heterocycles. The van der Waals surface area contributed by atoms with Crippen LogP contribution in [0.1, 0.15) is 20.7 Å². The summed E-state index contributed by atoms with van der Waals surface area (Å²) < 4.78 is 10.9. The number of thiol groups is 1.